The number of sulfonamides is 1. The molecule has 3 rings (SSSR count). The quantitative estimate of drug-likeness (QED) is 0.807. The Morgan fingerprint density at radius 3 is 2.58 bits per heavy atom. The molecule has 0 radical (unpaired) electrons. The van der Waals surface area contributed by atoms with Crippen LogP contribution in [0, 0.1) is 19.8 Å². The Balaban J connectivity index is 1.49. The van der Waals surface area contributed by atoms with Gasteiger partial charge >= 0.3 is 0 Å². The van der Waals surface area contributed by atoms with E-state index in [4.69, 9.17) is 16.0 Å². The van der Waals surface area contributed by atoms with Crippen LogP contribution < -0.4 is 4.72 Å². The minimum absolute atomic E-state index is 0.216. The first-order valence-corrected chi connectivity index (χ1v) is 10.7. The average molecular weight is 397 g/mol. The Bertz CT molecular complexity index is 855. The predicted octanol–water partition coefficient (Wildman–Crippen LogP) is 3.74. The summed E-state index contributed by atoms with van der Waals surface area (Å²) in [6, 6.07) is 8.45. The van der Waals surface area contributed by atoms with Crippen LogP contribution >= 0.6 is 11.6 Å². The van der Waals surface area contributed by atoms with Gasteiger partial charge in [0.2, 0.25) is 10.0 Å². The van der Waals surface area contributed by atoms with Crippen molar-refractivity contribution in [1.82, 2.24) is 9.62 Å². The summed E-state index contributed by atoms with van der Waals surface area (Å²) >= 11 is 5.89. The van der Waals surface area contributed by atoms with E-state index in [-0.39, 0.29) is 4.90 Å². The van der Waals surface area contributed by atoms with Gasteiger partial charge in [-0.3, -0.25) is 4.90 Å². The highest BCUT2D eigenvalue weighted by Crippen LogP contribution is 2.22. The van der Waals surface area contributed by atoms with E-state index in [1.165, 1.54) is 11.6 Å². The Hall–Kier alpha value is -1.34. The fourth-order valence-corrected chi connectivity index (χ4v) is 4.79. The summed E-state index contributed by atoms with van der Waals surface area (Å²) in [5.74, 6) is 2.29. The van der Waals surface area contributed by atoms with Crippen LogP contribution in [0.2, 0.25) is 5.02 Å². The molecular weight excluding hydrogens is 372 g/mol. The fourth-order valence-electron chi connectivity index (χ4n) is 3.38. The zero-order chi connectivity index (χ0) is 18.7. The maximum Gasteiger partial charge on any atom is 0.240 e. The lowest BCUT2D eigenvalue weighted by molar-refractivity contribution is 0.178. The van der Waals surface area contributed by atoms with Crippen LogP contribution in [-0.2, 0) is 16.6 Å². The highest BCUT2D eigenvalue weighted by molar-refractivity contribution is 7.89. The number of halogens is 1. The predicted molar refractivity (Wildman–Crippen MR) is 103 cm³/mol. The van der Waals surface area contributed by atoms with Crippen molar-refractivity contribution in [1.29, 1.82) is 0 Å². The second kappa shape index (κ2) is 8.13. The van der Waals surface area contributed by atoms with E-state index in [0.29, 0.717) is 17.5 Å². The molecule has 26 heavy (non-hydrogen) atoms. The molecular formula is C19H25ClN2O3S. The lowest BCUT2D eigenvalue weighted by atomic mass is 9.97. The lowest BCUT2D eigenvalue weighted by Crippen LogP contribution is -2.38. The van der Waals surface area contributed by atoms with Gasteiger partial charge < -0.3 is 4.42 Å². The van der Waals surface area contributed by atoms with Crippen LogP contribution in [0.15, 0.2) is 39.6 Å². The van der Waals surface area contributed by atoms with Crippen molar-refractivity contribution < 1.29 is 12.8 Å². The van der Waals surface area contributed by atoms with Gasteiger partial charge in [0, 0.05) is 23.7 Å². The standard InChI is InChI=1S/C19H25ClN2O3S/c1-14-10-17(15(2)25-14)13-22-8-6-16(7-9-22)12-21-26(23,24)19-5-3-4-18(20)11-19/h3-5,10-11,16,21H,6-9,12-13H2,1-2H3. The molecule has 2 aromatic rings. The molecule has 5 nitrogen and oxygen atoms in total. The Morgan fingerprint density at radius 2 is 1.96 bits per heavy atom. The monoisotopic (exact) mass is 396 g/mol. The van der Waals surface area contributed by atoms with Gasteiger partial charge in [0.25, 0.3) is 0 Å². The van der Waals surface area contributed by atoms with Crippen LogP contribution in [0.5, 0.6) is 0 Å². The molecule has 142 valence electrons. The van der Waals surface area contributed by atoms with Crippen molar-refractivity contribution in [2.45, 2.75) is 38.1 Å². The van der Waals surface area contributed by atoms with Gasteiger partial charge in [0.15, 0.2) is 0 Å². The second-order valence-corrected chi connectivity index (χ2v) is 9.17. The largest absolute Gasteiger partial charge is 0.466 e. The van der Waals surface area contributed by atoms with E-state index >= 15 is 0 Å². The van der Waals surface area contributed by atoms with Crippen molar-refractivity contribution in [3.8, 4) is 0 Å². The molecule has 0 aliphatic carbocycles. The number of nitrogens with zero attached hydrogens (tertiary/aromatic N) is 1. The third-order valence-corrected chi connectivity index (χ3v) is 6.57. The molecule has 0 atom stereocenters. The number of hydrogen-bond acceptors (Lipinski definition) is 4. The van der Waals surface area contributed by atoms with Gasteiger partial charge in [-0.05, 0) is 70.0 Å². The Morgan fingerprint density at radius 1 is 1.23 bits per heavy atom. The van der Waals surface area contributed by atoms with Gasteiger partial charge in [-0.2, -0.15) is 0 Å². The molecule has 1 N–H and O–H groups in total. The summed E-state index contributed by atoms with van der Waals surface area (Å²) < 4.78 is 33.1. The molecule has 0 bridgehead atoms. The molecule has 0 saturated carbocycles. The molecule has 1 aliphatic heterocycles. The number of nitrogens with one attached hydrogen (secondary N) is 1. The normalized spacial score (nSPS) is 16.9. The van der Waals surface area contributed by atoms with E-state index in [1.807, 2.05) is 13.8 Å². The highest BCUT2D eigenvalue weighted by Gasteiger charge is 2.23. The van der Waals surface area contributed by atoms with E-state index in [2.05, 4.69) is 15.7 Å². The fraction of sp³-hybridized carbons (Fsp3) is 0.474. The van der Waals surface area contributed by atoms with Crippen LogP contribution in [0.25, 0.3) is 0 Å². The van der Waals surface area contributed by atoms with Gasteiger partial charge in [-0.1, -0.05) is 17.7 Å². The second-order valence-electron chi connectivity index (χ2n) is 6.97. The van der Waals surface area contributed by atoms with E-state index < -0.39 is 10.0 Å². The molecule has 0 unspecified atom stereocenters. The number of rotatable bonds is 6. The first-order chi connectivity index (χ1) is 12.3. The first kappa shape index (κ1) is 19.4. The number of hydrogen-bond donors (Lipinski definition) is 1. The third kappa shape index (κ3) is 4.88. The number of benzene rings is 1. The van der Waals surface area contributed by atoms with Gasteiger partial charge in [0.05, 0.1) is 4.90 Å². The molecule has 2 heterocycles. The Kier molecular flexibility index (Phi) is 6.07. The number of piperidine rings is 1. The van der Waals surface area contributed by atoms with E-state index in [1.54, 1.807) is 18.2 Å². The van der Waals surface area contributed by atoms with E-state index in [0.717, 1.165) is 44.0 Å². The summed E-state index contributed by atoms with van der Waals surface area (Å²) in [4.78, 5) is 2.62. The van der Waals surface area contributed by atoms with Crippen molar-refractivity contribution in [3.63, 3.8) is 0 Å². The van der Waals surface area contributed by atoms with Gasteiger partial charge in [-0.25, -0.2) is 13.1 Å². The molecule has 1 aromatic carbocycles. The zero-order valence-corrected chi connectivity index (χ0v) is 16.7. The SMILES string of the molecule is Cc1cc(CN2CCC(CNS(=O)(=O)c3cccc(Cl)c3)CC2)c(C)o1. The lowest BCUT2D eigenvalue weighted by Gasteiger charge is -2.31. The van der Waals surface area contributed by atoms with Crippen LogP contribution in [-0.4, -0.2) is 33.0 Å². The number of furan rings is 1. The molecule has 1 aliphatic rings. The summed E-state index contributed by atoms with van der Waals surface area (Å²) in [6.07, 6.45) is 1.96. The summed E-state index contributed by atoms with van der Waals surface area (Å²) in [6.45, 7) is 7.26. The summed E-state index contributed by atoms with van der Waals surface area (Å²) in [7, 11) is -3.51. The Labute approximate surface area is 160 Å². The molecule has 7 heteroatoms. The topological polar surface area (TPSA) is 62.6 Å². The van der Waals surface area contributed by atoms with Crippen molar-refractivity contribution >= 4 is 21.6 Å². The van der Waals surface area contributed by atoms with Gasteiger partial charge in [0.1, 0.15) is 11.5 Å². The van der Waals surface area contributed by atoms with Gasteiger partial charge in [-0.15, -0.1) is 0 Å². The summed E-state index contributed by atoms with van der Waals surface area (Å²) in [5.41, 5.74) is 1.24. The molecule has 1 aromatic heterocycles. The first-order valence-electron chi connectivity index (χ1n) is 8.87. The highest BCUT2D eigenvalue weighted by atomic mass is 35.5. The minimum atomic E-state index is -3.51. The van der Waals surface area contributed by atoms with Crippen LogP contribution in [0.1, 0.15) is 29.9 Å². The molecule has 0 amide bonds. The molecule has 1 fully saturated rings. The smallest absolute Gasteiger partial charge is 0.240 e. The summed E-state index contributed by atoms with van der Waals surface area (Å²) in [5, 5.41) is 0.422. The van der Waals surface area contributed by atoms with Crippen molar-refractivity contribution in [2.75, 3.05) is 19.6 Å². The average Bonchev–Trinajstić information content (AvgIpc) is 2.91. The number of aryl methyl sites for hydroxylation is 2. The number of likely N-dealkylation sites (tertiary alicyclic amines) is 1. The van der Waals surface area contributed by atoms with Crippen LogP contribution in [0.3, 0.4) is 0 Å². The molecule has 0 spiro atoms. The van der Waals surface area contributed by atoms with Crippen molar-refractivity contribution in [3.05, 3.63) is 52.4 Å². The third-order valence-electron chi connectivity index (χ3n) is 4.91. The maximum absolute atomic E-state index is 12.4. The van der Waals surface area contributed by atoms with E-state index in [9.17, 15) is 8.42 Å². The minimum Gasteiger partial charge on any atom is -0.466 e. The zero-order valence-electron chi connectivity index (χ0n) is 15.2. The van der Waals surface area contributed by atoms with Crippen LogP contribution in [0.4, 0.5) is 0 Å². The molecule has 1 saturated heterocycles. The van der Waals surface area contributed by atoms with Crippen molar-refractivity contribution in [2.24, 2.45) is 5.92 Å². The maximum atomic E-state index is 12.4.